The summed E-state index contributed by atoms with van der Waals surface area (Å²) in [4.78, 5) is 11.4. The Morgan fingerprint density at radius 2 is 2.21 bits per heavy atom. The second kappa shape index (κ2) is 6.81. The predicted molar refractivity (Wildman–Crippen MR) is 66.2 cm³/mol. The molecule has 0 saturated carbocycles. The molecule has 0 radical (unpaired) electrons. The van der Waals surface area contributed by atoms with E-state index in [1.54, 1.807) is 0 Å². The number of para-hydroxylation sites is 1. The van der Waals surface area contributed by atoms with Crippen molar-refractivity contribution >= 4 is 17.1 Å². The Bertz CT molecular complexity index is 445. The van der Waals surface area contributed by atoms with E-state index in [-0.39, 0.29) is 17.9 Å². The first-order chi connectivity index (χ1) is 9.01. The number of anilines is 2. The molecule has 0 amide bonds. The average molecular weight is 276 g/mol. The molecule has 0 spiro atoms. The number of aliphatic hydroxyl groups is 1. The smallest absolute Gasteiger partial charge is 0.316 e. The Labute approximate surface area is 107 Å². The SMILES string of the molecule is NNc1cccc(N(CCO)CC(F)F)c1[N+](=O)[O-]. The first-order valence-electron chi connectivity index (χ1n) is 5.39. The van der Waals surface area contributed by atoms with E-state index in [0.717, 1.165) is 4.90 Å². The van der Waals surface area contributed by atoms with Crippen LogP contribution >= 0.6 is 0 Å². The lowest BCUT2D eigenvalue weighted by Crippen LogP contribution is -2.32. The van der Waals surface area contributed by atoms with Crippen LogP contribution < -0.4 is 16.2 Å². The highest BCUT2D eigenvalue weighted by atomic mass is 19.3. The number of hydrogen-bond acceptors (Lipinski definition) is 6. The maximum absolute atomic E-state index is 12.5. The standard InChI is InChI=1S/C10H14F2N4O3/c11-9(12)6-15(4-5-17)8-3-1-2-7(14-13)10(8)16(18)19/h1-3,9,14,17H,4-6,13H2. The van der Waals surface area contributed by atoms with E-state index in [0.29, 0.717) is 0 Å². The summed E-state index contributed by atoms with van der Waals surface area (Å²) in [5.74, 6) is 5.16. The maximum atomic E-state index is 12.5. The van der Waals surface area contributed by atoms with Crippen LogP contribution in [0.1, 0.15) is 0 Å². The largest absolute Gasteiger partial charge is 0.395 e. The molecule has 0 unspecified atom stereocenters. The van der Waals surface area contributed by atoms with Crippen molar-refractivity contribution in [3.63, 3.8) is 0 Å². The van der Waals surface area contributed by atoms with Crippen molar-refractivity contribution in [1.82, 2.24) is 0 Å². The highest BCUT2D eigenvalue weighted by molar-refractivity contribution is 5.76. The van der Waals surface area contributed by atoms with Crippen LogP contribution in [0.25, 0.3) is 0 Å². The van der Waals surface area contributed by atoms with Crippen LogP contribution in [-0.2, 0) is 0 Å². The van der Waals surface area contributed by atoms with Gasteiger partial charge in [-0.3, -0.25) is 16.0 Å². The molecule has 1 rings (SSSR count). The van der Waals surface area contributed by atoms with Gasteiger partial charge < -0.3 is 15.4 Å². The highest BCUT2D eigenvalue weighted by Gasteiger charge is 2.25. The van der Waals surface area contributed by atoms with Crippen molar-refractivity contribution in [2.24, 2.45) is 5.84 Å². The van der Waals surface area contributed by atoms with Gasteiger partial charge in [-0.25, -0.2) is 8.78 Å². The molecule has 1 aromatic rings. The van der Waals surface area contributed by atoms with E-state index in [4.69, 9.17) is 10.9 Å². The van der Waals surface area contributed by atoms with Crippen molar-refractivity contribution in [3.05, 3.63) is 28.3 Å². The van der Waals surface area contributed by atoms with E-state index in [9.17, 15) is 18.9 Å². The zero-order valence-electron chi connectivity index (χ0n) is 9.92. The third-order valence-electron chi connectivity index (χ3n) is 2.42. The molecule has 0 atom stereocenters. The molecule has 19 heavy (non-hydrogen) atoms. The molecule has 0 heterocycles. The predicted octanol–water partition coefficient (Wildman–Crippen LogP) is 0.944. The van der Waals surface area contributed by atoms with Gasteiger partial charge in [-0.05, 0) is 12.1 Å². The number of aliphatic hydroxyl groups excluding tert-OH is 1. The molecule has 1 aromatic carbocycles. The second-order valence-electron chi connectivity index (χ2n) is 3.64. The Hall–Kier alpha value is -2.00. The lowest BCUT2D eigenvalue weighted by molar-refractivity contribution is -0.383. The number of hydrazine groups is 1. The van der Waals surface area contributed by atoms with Gasteiger partial charge in [0.25, 0.3) is 6.43 Å². The number of halogens is 2. The molecule has 106 valence electrons. The summed E-state index contributed by atoms with van der Waals surface area (Å²) in [7, 11) is 0. The Kier molecular flexibility index (Phi) is 5.39. The van der Waals surface area contributed by atoms with E-state index in [1.165, 1.54) is 18.2 Å². The maximum Gasteiger partial charge on any atom is 0.316 e. The number of hydrogen-bond donors (Lipinski definition) is 3. The number of alkyl halides is 2. The van der Waals surface area contributed by atoms with Gasteiger partial charge in [0.05, 0.1) is 18.1 Å². The zero-order valence-corrected chi connectivity index (χ0v) is 9.92. The van der Waals surface area contributed by atoms with Crippen molar-refractivity contribution in [3.8, 4) is 0 Å². The number of nitro benzene ring substituents is 1. The number of nitrogen functional groups attached to an aromatic ring is 1. The second-order valence-corrected chi connectivity index (χ2v) is 3.64. The van der Waals surface area contributed by atoms with Gasteiger partial charge in [0, 0.05) is 6.54 Å². The molecule has 7 nitrogen and oxygen atoms in total. The van der Waals surface area contributed by atoms with Crippen LogP contribution in [0.2, 0.25) is 0 Å². The fraction of sp³-hybridized carbons (Fsp3) is 0.400. The molecule has 0 aliphatic rings. The van der Waals surface area contributed by atoms with Crippen LogP contribution in [0.5, 0.6) is 0 Å². The van der Waals surface area contributed by atoms with E-state index < -0.39 is 30.2 Å². The summed E-state index contributed by atoms with van der Waals surface area (Å²) in [6.07, 6.45) is -2.68. The molecule has 0 aliphatic heterocycles. The first kappa shape index (κ1) is 15.1. The van der Waals surface area contributed by atoms with Gasteiger partial charge in [0.2, 0.25) is 0 Å². The van der Waals surface area contributed by atoms with E-state index in [1.807, 2.05) is 0 Å². The number of benzene rings is 1. The Morgan fingerprint density at radius 3 is 2.68 bits per heavy atom. The van der Waals surface area contributed by atoms with Gasteiger partial charge in [-0.2, -0.15) is 0 Å². The Morgan fingerprint density at radius 1 is 1.53 bits per heavy atom. The van der Waals surface area contributed by atoms with Gasteiger partial charge in [0.15, 0.2) is 0 Å². The quantitative estimate of drug-likeness (QED) is 0.389. The summed E-state index contributed by atoms with van der Waals surface area (Å²) in [6, 6.07) is 4.14. The first-order valence-corrected chi connectivity index (χ1v) is 5.39. The molecular weight excluding hydrogens is 262 g/mol. The fourth-order valence-electron chi connectivity index (χ4n) is 1.69. The topological polar surface area (TPSA) is 105 Å². The zero-order chi connectivity index (χ0) is 14.4. The molecule has 0 aliphatic carbocycles. The van der Waals surface area contributed by atoms with Crippen molar-refractivity contribution in [2.75, 3.05) is 30.0 Å². The number of nitrogens with zero attached hydrogens (tertiary/aromatic N) is 2. The van der Waals surface area contributed by atoms with Crippen LogP contribution in [-0.4, -0.2) is 36.2 Å². The Balaban J connectivity index is 3.24. The minimum atomic E-state index is -2.68. The summed E-state index contributed by atoms with van der Waals surface area (Å²) < 4.78 is 25.0. The van der Waals surface area contributed by atoms with E-state index in [2.05, 4.69) is 5.43 Å². The summed E-state index contributed by atoms with van der Waals surface area (Å²) in [5, 5.41) is 19.9. The van der Waals surface area contributed by atoms with Crippen molar-refractivity contribution in [2.45, 2.75) is 6.43 Å². The molecule has 9 heteroatoms. The van der Waals surface area contributed by atoms with E-state index >= 15 is 0 Å². The summed E-state index contributed by atoms with van der Waals surface area (Å²) in [6.45, 7) is -1.25. The molecular formula is C10H14F2N4O3. The van der Waals surface area contributed by atoms with Crippen LogP contribution in [0.3, 0.4) is 0 Å². The lowest BCUT2D eigenvalue weighted by Gasteiger charge is -2.23. The van der Waals surface area contributed by atoms with Crippen molar-refractivity contribution in [1.29, 1.82) is 0 Å². The lowest BCUT2D eigenvalue weighted by atomic mass is 10.2. The minimum Gasteiger partial charge on any atom is -0.395 e. The van der Waals surface area contributed by atoms with Gasteiger partial charge in [0.1, 0.15) is 11.4 Å². The summed E-state index contributed by atoms with van der Waals surface area (Å²) in [5.41, 5.74) is 1.74. The van der Waals surface area contributed by atoms with Crippen molar-refractivity contribution < 1.29 is 18.8 Å². The van der Waals surface area contributed by atoms with Gasteiger partial charge in [-0.15, -0.1) is 0 Å². The fourth-order valence-corrected chi connectivity index (χ4v) is 1.69. The van der Waals surface area contributed by atoms with Crippen LogP contribution in [0, 0.1) is 10.1 Å². The molecule has 0 bridgehead atoms. The van der Waals surface area contributed by atoms with Crippen LogP contribution in [0.15, 0.2) is 18.2 Å². The highest BCUT2D eigenvalue weighted by Crippen LogP contribution is 2.35. The summed E-state index contributed by atoms with van der Waals surface area (Å²) >= 11 is 0. The third kappa shape index (κ3) is 3.73. The monoisotopic (exact) mass is 276 g/mol. The number of nitrogens with two attached hydrogens (primary N) is 1. The normalized spacial score (nSPS) is 10.6. The van der Waals surface area contributed by atoms with Gasteiger partial charge >= 0.3 is 5.69 Å². The molecule has 4 N–H and O–H groups in total. The number of rotatable bonds is 7. The third-order valence-corrected chi connectivity index (χ3v) is 2.42. The number of nitro groups is 1. The van der Waals surface area contributed by atoms with Gasteiger partial charge in [-0.1, -0.05) is 6.07 Å². The minimum absolute atomic E-state index is 0.0136. The van der Waals surface area contributed by atoms with Crippen LogP contribution in [0.4, 0.5) is 25.8 Å². The molecule has 0 fully saturated rings. The average Bonchev–Trinajstić information content (AvgIpc) is 2.36. The molecule has 0 aromatic heterocycles. The molecule has 0 saturated heterocycles. The number of nitrogens with one attached hydrogen (secondary N) is 1.